The lowest BCUT2D eigenvalue weighted by Crippen LogP contribution is -2.29. The summed E-state index contributed by atoms with van der Waals surface area (Å²) in [6.45, 7) is 6.35. The van der Waals surface area contributed by atoms with E-state index in [1.165, 1.54) is 18.9 Å². The van der Waals surface area contributed by atoms with Gasteiger partial charge in [0.25, 0.3) is 0 Å². The van der Waals surface area contributed by atoms with E-state index in [0.717, 1.165) is 24.5 Å². The van der Waals surface area contributed by atoms with Gasteiger partial charge >= 0.3 is 0 Å². The van der Waals surface area contributed by atoms with Gasteiger partial charge in [0.2, 0.25) is 10.0 Å². The standard InChI is InChI=1S/C18H24ClN5O2S/c1-13-5-6-15(11-16(13)19)27(25,26)21-8-7-20-17-12-18(23-14(2)22-17)24-9-3-4-10-24/h5-6,11-12,21H,3-4,7-10H2,1-2H3,(H,20,22,23). The van der Waals surface area contributed by atoms with Crippen LogP contribution in [0.2, 0.25) is 5.02 Å². The molecule has 0 atom stereocenters. The summed E-state index contributed by atoms with van der Waals surface area (Å²) < 4.78 is 27.3. The van der Waals surface area contributed by atoms with Gasteiger partial charge in [-0.1, -0.05) is 17.7 Å². The summed E-state index contributed by atoms with van der Waals surface area (Å²) in [6.07, 6.45) is 2.35. The zero-order valence-corrected chi connectivity index (χ0v) is 17.1. The van der Waals surface area contributed by atoms with Crippen LogP contribution in [0.15, 0.2) is 29.2 Å². The maximum Gasteiger partial charge on any atom is 0.240 e. The predicted octanol–water partition coefficient (Wildman–Crippen LogP) is 2.74. The first kappa shape index (κ1) is 19.9. The summed E-state index contributed by atoms with van der Waals surface area (Å²) in [4.78, 5) is 11.3. The van der Waals surface area contributed by atoms with Crippen molar-refractivity contribution in [3.63, 3.8) is 0 Å². The van der Waals surface area contributed by atoms with Crippen LogP contribution >= 0.6 is 11.6 Å². The summed E-state index contributed by atoms with van der Waals surface area (Å²) >= 11 is 6.02. The van der Waals surface area contributed by atoms with Crippen LogP contribution in [-0.4, -0.2) is 44.6 Å². The van der Waals surface area contributed by atoms with Gasteiger partial charge in [0, 0.05) is 37.3 Å². The second-order valence-corrected chi connectivity index (χ2v) is 8.76. The second kappa shape index (κ2) is 8.41. The zero-order valence-electron chi connectivity index (χ0n) is 15.5. The molecule has 146 valence electrons. The van der Waals surface area contributed by atoms with E-state index >= 15 is 0 Å². The van der Waals surface area contributed by atoms with Gasteiger partial charge in [0.15, 0.2) is 0 Å². The molecular weight excluding hydrogens is 386 g/mol. The maximum absolute atomic E-state index is 12.4. The summed E-state index contributed by atoms with van der Waals surface area (Å²) in [5.74, 6) is 2.30. The fourth-order valence-electron chi connectivity index (χ4n) is 2.95. The number of hydrogen-bond donors (Lipinski definition) is 2. The third kappa shape index (κ3) is 5.09. The first-order valence-electron chi connectivity index (χ1n) is 8.95. The number of aryl methyl sites for hydroxylation is 2. The molecule has 9 heteroatoms. The van der Waals surface area contributed by atoms with E-state index < -0.39 is 10.0 Å². The molecule has 2 heterocycles. The van der Waals surface area contributed by atoms with Crippen molar-refractivity contribution in [3.05, 3.63) is 40.7 Å². The minimum atomic E-state index is -3.60. The summed E-state index contributed by atoms with van der Waals surface area (Å²) in [5.41, 5.74) is 0.838. The lowest BCUT2D eigenvalue weighted by Gasteiger charge is -2.17. The number of anilines is 2. The molecule has 0 unspecified atom stereocenters. The van der Waals surface area contributed by atoms with Gasteiger partial charge in [-0.2, -0.15) is 0 Å². The number of sulfonamides is 1. The van der Waals surface area contributed by atoms with Crippen LogP contribution in [0.5, 0.6) is 0 Å². The van der Waals surface area contributed by atoms with Crippen LogP contribution in [0.25, 0.3) is 0 Å². The molecule has 1 aliphatic heterocycles. The van der Waals surface area contributed by atoms with Crippen molar-refractivity contribution in [1.82, 2.24) is 14.7 Å². The number of halogens is 1. The van der Waals surface area contributed by atoms with Crippen LogP contribution in [-0.2, 0) is 10.0 Å². The number of rotatable bonds is 7. The smallest absolute Gasteiger partial charge is 0.240 e. The Morgan fingerprint density at radius 2 is 1.85 bits per heavy atom. The Morgan fingerprint density at radius 1 is 1.11 bits per heavy atom. The maximum atomic E-state index is 12.4. The first-order valence-corrected chi connectivity index (χ1v) is 10.8. The molecule has 1 aliphatic rings. The molecule has 1 fully saturated rings. The number of nitrogens with one attached hydrogen (secondary N) is 2. The highest BCUT2D eigenvalue weighted by Crippen LogP contribution is 2.21. The van der Waals surface area contributed by atoms with Crippen molar-refractivity contribution >= 4 is 33.3 Å². The van der Waals surface area contributed by atoms with Crippen LogP contribution in [0.3, 0.4) is 0 Å². The zero-order chi connectivity index (χ0) is 19.4. The topological polar surface area (TPSA) is 87.2 Å². The van der Waals surface area contributed by atoms with E-state index in [0.29, 0.717) is 23.2 Å². The highest BCUT2D eigenvalue weighted by atomic mass is 35.5. The fraction of sp³-hybridized carbons (Fsp3) is 0.444. The SMILES string of the molecule is Cc1nc(NCCNS(=O)(=O)c2ccc(C)c(Cl)c2)cc(N2CCCC2)n1. The molecule has 7 nitrogen and oxygen atoms in total. The van der Waals surface area contributed by atoms with Crippen LogP contribution in [0.1, 0.15) is 24.2 Å². The molecule has 0 bridgehead atoms. The normalized spacial score (nSPS) is 14.6. The molecule has 2 N–H and O–H groups in total. The van der Waals surface area contributed by atoms with Crippen LogP contribution in [0, 0.1) is 13.8 Å². The molecule has 2 aromatic rings. The molecule has 0 amide bonds. The predicted molar refractivity (Wildman–Crippen MR) is 108 cm³/mol. The monoisotopic (exact) mass is 409 g/mol. The number of nitrogens with zero attached hydrogens (tertiary/aromatic N) is 3. The van der Waals surface area contributed by atoms with Gasteiger partial charge in [-0.25, -0.2) is 23.1 Å². The molecule has 0 radical (unpaired) electrons. The molecule has 0 saturated carbocycles. The van der Waals surface area contributed by atoms with Gasteiger partial charge in [-0.15, -0.1) is 0 Å². The molecule has 1 saturated heterocycles. The lowest BCUT2D eigenvalue weighted by molar-refractivity contribution is 0.583. The van der Waals surface area contributed by atoms with E-state index in [-0.39, 0.29) is 11.4 Å². The van der Waals surface area contributed by atoms with E-state index in [1.807, 2.05) is 19.9 Å². The van der Waals surface area contributed by atoms with Crippen molar-refractivity contribution in [2.45, 2.75) is 31.6 Å². The van der Waals surface area contributed by atoms with Crippen LogP contribution < -0.4 is 14.9 Å². The van der Waals surface area contributed by atoms with Crippen molar-refractivity contribution in [2.75, 3.05) is 36.4 Å². The average Bonchev–Trinajstić information content (AvgIpc) is 3.15. The Hall–Kier alpha value is -1.90. The quantitative estimate of drug-likeness (QED) is 0.684. The highest BCUT2D eigenvalue weighted by molar-refractivity contribution is 7.89. The van der Waals surface area contributed by atoms with Gasteiger partial charge in [-0.05, 0) is 44.4 Å². The summed E-state index contributed by atoms with van der Waals surface area (Å²) in [5, 5.41) is 3.60. The Kier molecular flexibility index (Phi) is 6.18. The summed E-state index contributed by atoms with van der Waals surface area (Å²) in [6, 6.07) is 6.61. The number of hydrogen-bond acceptors (Lipinski definition) is 6. The second-order valence-electron chi connectivity index (χ2n) is 6.59. The van der Waals surface area contributed by atoms with Crippen molar-refractivity contribution in [2.24, 2.45) is 0 Å². The van der Waals surface area contributed by atoms with Crippen molar-refractivity contribution < 1.29 is 8.42 Å². The average molecular weight is 410 g/mol. The molecule has 3 rings (SSSR count). The molecule has 1 aromatic carbocycles. The van der Waals surface area contributed by atoms with Gasteiger partial charge in [0.05, 0.1) is 4.90 Å². The van der Waals surface area contributed by atoms with Gasteiger partial charge < -0.3 is 10.2 Å². The van der Waals surface area contributed by atoms with Crippen LogP contribution in [0.4, 0.5) is 11.6 Å². The minimum absolute atomic E-state index is 0.160. The number of benzene rings is 1. The lowest BCUT2D eigenvalue weighted by atomic mass is 10.2. The Balaban J connectivity index is 1.57. The fourth-order valence-corrected chi connectivity index (χ4v) is 4.25. The summed E-state index contributed by atoms with van der Waals surface area (Å²) in [7, 11) is -3.60. The molecular formula is C18H24ClN5O2S. The molecule has 0 spiro atoms. The third-order valence-electron chi connectivity index (χ3n) is 4.43. The largest absolute Gasteiger partial charge is 0.369 e. The van der Waals surface area contributed by atoms with Crippen molar-refractivity contribution in [1.29, 1.82) is 0 Å². The Bertz CT molecular complexity index is 914. The van der Waals surface area contributed by atoms with Crippen molar-refractivity contribution in [3.8, 4) is 0 Å². The van der Waals surface area contributed by atoms with Gasteiger partial charge in [-0.3, -0.25) is 0 Å². The third-order valence-corrected chi connectivity index (χ3v) is 6.30. The van der Waals surface area contributed by atoms with E-state index in [4.69, 9.17) is 11.6 Å². The molecule has 1 aromatic heterocycles. The highest BCUT2D eigenvalue weighted by Gasteiger charge is 2.16. The molecule has 0 aliphatic carbocycles. The number of aromatic nitrogens is 2. The Morgan fingerprint density at radius 3 is 2.56 bits per heavy atom. The van der Waals surface area contributed by atoms with E-state index in [9.17, 15) is 8.42 Å². The van der Waals surface area contributed by atoms with E-state index in [1.54, 1.807) is 12.1 Å². The minimum Gasteiger partial charge on any atom is -0.369 e. The van der Waals surface area contributed by atoms with Gasteiger partial charge in [0.1, 0.15) is 17.5 Å². The van der Waals surface area contributed by atoms with E-state index in [2.05, 4.69) is 24.9 Å². The Labute approximate surface area is 165 Å². The molecule has 27 heavy (non-hydrogen) atoms. The first-order chi connectivity index (χ1) is 12.8.